The highest BCUT2D eigenvalue weighted by Crippen LogP contribution is 2.22. The summed E-state index contributed by atoms with van der Waals surface area (Å²) in [6.07, 6.45) is 2.94. The maximum Gasteiger partial charge on any atom is 0.303 e. The maximum atomic E-state index is 10.7. The molecule has 0 fully saturated rings. The fourth-order valence-corrected chi connectivity index (χ4v) is 2.53. The van der Waals surface area contributed by atoms with E-state index in [1.165, 1.54) is 0 Å². The maximum absolute atomic E-state index is 10.7. The van der Waals surface area contributed by atoms with Gasteiger partial charge >= 0.3 is 5.97 Å². The zero-order chi connectivity index (χ0) is 14.3. The fourth-order valence-electron chi connectivity index (χ4n) is 2.30. The van der Waals surface area contributed by atoms with Crippen LogP contribution in [0.25, 0.3) is 0 Å². The molecule has 0 heterocycles. The van der Waals surface area contributed by atoms with Crippen LogP contribution in [0.4, 0.5) is 0 Å². The molecule has 3 nitrogen and oxygen atoms in total. The fraction of sp³-hybridized carbons (Fsp3) is 0.533. The van der Waals surface area contributed by atoms with Crippen molar-refractivity contribution in [2.24, 2.45) is 17.6 Å². The van der Waals surface area contributed by atoms with Crippen LogP contribution in [0.5, 0.6) is 0 Å². The van der Waals surface area contributed by atoms with Gasteiger partial charge in [0.05, 0.1) is 0 Å². The molecule has 0 aliphatic rings. The molecular formula is C15H22ClNO2. The molecule has 1 rings (SSSR count). The average molecular weight is 284 g/mol. The standard InChI is InChI=1S/C15H22ClNO2/c1-11(8-12(10-17)9-15(18)19)6-7-13-4-2-3-5-14(13)16/h2-5,11-12H,6-10,17H2,1H3,(H,18,19)/t11-,12+/m1/s1. The Morgan fingerprint density at radius 1 is 1.42 bits per heavy atom. The third kappa shape index (κ3) is 6.08. The summed E-state index contributed by atoms with van der Waals surface area (Å²) in [5.74, 6) is -0.253. The highest BCUT2D eigenvalue weighted by molar-refractivity contribution is 6.31. The average Bonchev–Trinajstić information content (AvgIpc) is 2.36. The van der Waals surface area contributed by atoms with E-state index in [1.807, 2.05) is 24.3 Å². The van der Waals surface area contributed by atoms with Gasteiger partial charge in [-0.15, -0.1) is 0 Å². The van der Waals surface area contributed by atoms with E-state index in [0.717, 1.165) is 29.8 Å². The summed E-state index contributed by atoms with van der Waals surface area (Å²) in [6.45, 7) is 2.57. The summed E-state index contributed by atoms with van der Waals surface area (Å²) in [7, 11) is 0. The molecule has 0 amide bonds. The first-order chi connectivity index (χ1) is 9.02. The summed E-state index contributed by atoms with van der Waals surface area (Å²) in [5, 5.41) is 9.60. The first-order valence-electron chi connectivity index (χ1n) is 6.68. The molecule has 0 saturated carbocycles. The monoisotopic (exact) mass is 283 g/mol. The van der Waals surface area contributed by atoms with Crippen molar-refractivity contribution in [3.8, 4) is 0 Å². The third-order valence-corrected chi connectivity index (χ3v) is 3.77. The van der Waals surface area contributed by atoms with E-state index in [1.54, 1.807) is 0 Å². The summed E-state index contributed by atoms with van der Waals surface area (Å²) >= 11 is 6.11. The van der Waals surface area contributed by atoms with Crippen LogP contribution in [0.1, 0.15) is 31.7 Å². The number of rotatable bonds is 8. The van der Waals surface area contributed by atoms with E-state index in [2.05, 4.69) is 6.92 Å². The largest absolute Gasteiger partial charge is 0.481 e. The molecule has 3 N–H and O–H groups in total. The Morgan fingerprint density at radius 3 is 2.68 bits per heavy atom. The molecule has 4 heteroatoms. The van der Waals surface area contributed by atoms with Gasteiger partial charge in [-0.1, -0.05) is 36.7 Å². The number of carboxylic acids is 1. The number of hydrogen-bond acceptors (Lipinski definition) is 2. The predicted octanol–water partition coefficient (Wildman–Crippen LogP) is 3.35. The van der Waals surface area contributed by atoms with Crippen molar-refractivity contribution in [1.82, 2.24) is 0 Å². The van der Waals surface area contributed by atoms with Gasteiger partial charge in [0.25, 0.3) is 0 Å². The number of carboxylic acid groups (broad SMARTS) is 1. The minimum Gasteiger partial charge on any atom is -0.481 e. The number of benzene rings is 1. The van der Waals surface area contributed by atoms with E-state index in [9.17, 15) is 4.79 Å². The molecular weight excluding hydrogens is 262 g/mol. The van der Waals surface area contributed by atoms with Crippen LogP contribution >= 0.6 is 11.6 Å². The van der Waals surface area contributed by atoms with Crippen LogP contribution in [0.2, 0.25) is 5.02 Å². The Hall–Kier alpha value is -1.06. The number of halogens is 1. The zero-order valence-corrected chi connectivity index (χ0v) is 12.1. The van der Waals surface area contributed by atoms with Gasteiger partial charge in [0.1, 0.15) is 0 Å². The van der Waals surface area contributed by atoms with E-state index in [0.29, 0.717) is 12.5 Å². The van der Waals surface area contributed by atoms with Gasteiger partial charge in [-0.25, -0.2) is 0 Å². The van der Waals surface area contributed by atoms with Gasteiger partial charge in [0, 0.05) is 11.4 Å². The van der Waals surface area contributed by atoms with Crippen molar-refractivity contribution in [2.75, 3.05) is 6.54 Å². The Morgan fingerprint density at radius 2 is 2.11 bits per heavy atom. The van der Waals surface area contributed by atoms with Crippen molar-refractivity contribution in [2.45, 2.75) is 32.6 Å². The van der Waals surface area contributed by atoms with Gasteiger partial charge in [-0.05, 0) is 49.3 Å². The molecule has 1 aromatic carbocycles. The molecule has 0 saturated heterocycles. The molecule has 2 atom stereocenters. The molecule has 0 aromatic heterocycles. The van der Waals surface area contributed by atoms with Crippen LogP contribution in [0.15, 0.2) is 24.3 Å². The SMILES string of the molecule is C[C@H](CCc1ccccc1Cl)C[C@H](CN)CC(=O)O. The van der Waals surface area contributed by atoms with Crippen molar-refractivity contribution in [3.63, 3.8) is 0 Å². The van der Waals surface area contributed by atoms with E-state index in [-0.39, 0.29) is 12.3 Å². The normalized spacial score (nSPS) is 14.1. The van der Waals surface area contributed by atoms with Gasteiger partial charge in [0.15, 0.2) is 0 Å². The van der Waals surface area contributed by atoms with Crippen molar-refractivity contribution in [3.05, 3.63) is 34.9 Å². The second-order valence-corrected chi connectivity index (χ2v) is 5.58. The van der Waals surface area contributed by atoms with Crippen LogP contribution in [-0.2, 0) is 11.2 Å². The molecule has 0 aliphatic heterocycles. The van der Waals surface area contributed by atoms with Crippen molar-refractivity contribution in [1.29, 1.82) is 0 Å². The highest BCUT2D eigenvalue weighted by atomic mass is 35.5. The molecule has 0 spiro atoms. The molecule has 0 bridgehead atoms. The Bertz CT molecular complexity index is 409. The summed E-state index contributed by atoms with van der Waals surface area (Å²) < 4.78 is 0. The first kappa shape index (κ1) is 16.0. The molecule has 106 valence electrons. The lowest BCUT2D eigenvalue weighted by Crippen LogP contribution is -2.20. The van der Waals surface area contributed by atoms with Crippen molar-refractivity contribution >= 4 is 17.6 Å². The van der Waals surface area contributed by atoms with Gasteiger partial charge in [-0.3, -0.25) is 4.79 Å². The molecule has 0 aliphatic carbocycles. The zero-order valence-electron chi connectivity index (χ0n) is 11.3. The number of nitrogens with two attached hydrogens (primary N) is 1. The van der Waals surface area contributed by atoms with Crippen molar-refractivity contribution < 1.29 is 9.90 Å². The Kier molecular flexibility index (Phi) is 6.89. The quantitative estimate of drug-likeness (QED) is 0.769. The summed E-state index contributed by atoms with van der Waals surface area (Å²) in [6, 6.07) is 7.84. The van der Waals surface area contributed by atoms with Gasteiger partial charge in [-0.2, -0.15) is 0 Å². The minimum atomic E-state index is -0.770. The molecule has 0 unspecified atom stereocenters. The lowest BCUT2D eigenvalue weighted by Gasteiger charge is -2.18. The van der Waals surface area contributed by atoms with E-state index in [4.69, 9.17) is 22.4 Å². The minimum absolute atomic E-state index is 0.0683. The molecule has 19 heavy (non-hydrogen) atoms. The number of aryl methyl sites for hydroxylation is 1. The van der Waals surface area contributed by atoms with Crippen LogP contribution in [0.3, 0.4) is 0 Å². The highest BCUT2D eigenvalue weighted by Gasteiger charge is 2.15. The number of aliphatic carboxylic acids is 1. The lowest BCUT2D eigenvalue weighted by molar-refractivity contribution is -0.138. The summed E-state index contributed by atoms with van der Waals surface area (Å²) in [4.78, 5) is 10.7. The van der Waals surface area contributed by atoms with Crippen LogP contribution < -0.4 is 5.73 Å². The van der Waals surface area contributed by atoms with E-state index < -0.39 is 5.97 Å². The molecule has 0 radical (unpaired) electrons. The topological polar surface area (TPSA) is 63.3 Å². The number of carbonyl (C=O) groups is 1. The van der Waals surface area contributed by atoms with Crippen LogP contribution in [0, 0.1) is 11.8 Å². The Balaban J connectivity index is 2.40. The second-order valence-electron chi connectivity index (χ2n) is 5.17. The van der Waals surface area contributed by atoms with E-state index >= 15 is 0 Å². The summed E-state index contributed by atoms with van der Waals surface area (Å²) in [5.41, 5.74) is 6.77. The van der Waals surface area contributed by atoms with Crippen LogP contribution in [-0.4, -0.2) is 17.6 Å². The molecule has 1 aromatic rings. The van der Waals surface area contributed by atoms with Gasteiger partial charge in [0.2, 0.25) is 0 Å². The van der Waals surface area contributed by atoms with Gasteiger partial charge < -0.3 is 10.8 Å². The number of hydrogen-bond donors (Lipinski definition) is 2. The third-order valence-electron chi connectivity index (χ3n) is 3.40. The first-order valence-corrected chi connectivity index (χ1v) is 7.06. The second kappa shape index (κ2) is 8.18. The predicted molar refractivity (Wildman–Crippen MR) is 78.4 cm³/mol. The smallest absolute Gasteiger partial charge is 0.303 e. The Labute approximate surface area is 119 Å². The lowest BCUT2D eigenvalue weighted by atomic mass is 9.89.